The van der Waals surface area contributed by atoms with E-state index in [9.17, 15) is 0 Å². The second-order valence-electron chi connectivity index (χ2n) is 1.47. The second-order valence-corrected chi connectivity index (χ2v) is 1.69. The SMILES string of the molecule is CCC(=CCl)CC. The van der Waals surface area contributed by atoms with E-state index in [1.54, 1.807) is 5.54 Å². The molecule has 0 heterocycles. The van der Waals surface area contributed by atoms with E-state index in [0.29, 0.717) is 0 Å². The van der Waals surface area contributed by atoms with Gasteiger partial charge in [0.1, 0.15) is 0 Å². The molecular weight excluding hydrogens is 108 g/mol. The number of hydrogen-bond donors (Lipinski definition) is 0. The first-order valence-corrected chi connectivity index (χ1v) is 3.06. The second kappa shape index (κ2) is 4.20. The van der Waals surface area contributed by atoms with Crippen LogP contribution in [0.2, 0.25) is 0 Å². The molecule has 0 saturated carbocycles. The fourth-order valence-electron chi connectivity index (χ4n) is 0.404. The summed E-state index contributed by atoms with van der Waals surface area (Å²) < 4.78 is 0. The molecule has 0 spiro atoms. The summed E-state index contributed by atoms with van der Waals surface area (Å²) in [5, 5.41) is 0. The molecule has 0 nitrogen and oxygen atoms in total. The summed E-state index contributed by atoms with van der Waals surface area (Å²) in [5.74, 6) is 0. The third kappa shape index (κ3) is 2.69. The molecule has 1 heteroatoms. The van der Waals surface area contributed by atoms with Gasteiger partial charge in [-0.25, -0.2) is 0 Å². The molecule has 0 unspecified atom stereocenters. The molecule has 0 saturated heterocycles. The number of rotatable bonds is 2. The maximum absolute atomic E-state index is 5.41. The van der Waals surface area contributed by atoms with Crippen molar-refractivity contribution in [3.8, 4) is 0 Å². The van der Waals surface area contributed by atoms with Crippen LogP contribution < -0.4 is 0 Å². The highest BCUT2D eigenvalue weighted by atomic mass is 35.5. The van der Waals surface area contributed by atoms with E-state index >= 15 is 0 Å². The van der Waals surface area contributed by atoms with E-state index in [4.69, 9.17) is 11.6 Å². The van der Waals surface area contributed by atoms with Crippen molar-refractivity contribution in [2.45, 2.75) is 26.7 Å². The topological polar surface area (TPSA) is 0 Å². The first kappa shape index (κ1) is 7.03. The van der Waals surface area contributed by atoms with E-state index in [1.165, 1.54) is 5.57 Å². The van der Waals surface area contributed by atoms with Crippen molar-refractivity contribution in [1.82, 2.24) is 0 Å². The molecule has 0 aliphatic rings. The molecule has 0 aromatic heterocycles. The fraction of sp³-hybridized carbons (Fsp3) is 0.667. The van der Waals surface area contributed by atoms with Crippen molar-refractivity contribution in [3.05, 3.63) is 11.1 Å². The Morgan fingerprint density at radius 2 is 1.86 bits per heavy atom. The van der Waals surface area contributed by atoms with Gasteiger partial charge in [0.2, 0.25) is 0 Å². The van der Waals surface area contributed by atoms with Crippen LogP contribution in [0.1, 0.15) is 26.7 Å². The van der Waals surface area contributed by atoms with Crippen molar-refractivity contribution in [3.63, 3.8) is 0 Å². The van der Waals surface area contributed by atoms with Gasteiger partial charge >= 0.3 is 0 Å². The van der Waals surface area contributed by atoms with Crippen LogP contribution in [0.4, 0.5) is 0 Å². The van der Waals surface area contributed by atoms with Crippen molar-refractivity contribution < 1.29 is 0 Å². The fourth-order valence-corrected chi connectivity index (χ4v) is 0.713. The number of allylic oxidation sites excluding steroid dienone is 1. The Balaban J connectivity index is 3.38. The van der Waals surface area contributed by atoms with Gasteiger partial charge < -0.3 is 0 Å². The minimum absolute atomic E-state index is 1.08. The smallest absolute Gasteiger partial charge is 0.00342 e. The summed E-state index contributed by atoms with van der Waals surface area (Å²) in [6, 6.07) is 0. The Bertz CT molecular complexity index is 58.6. The van der Waals surface area contributed by atoms with E-state index in [1.807, 2.05) is 0 Å². The maximum Gasteiger partial charge on any atom is 0.00342 e. The Labute approximate surface area is 50.2 Å². The number of hydrogen-bond acceptors (Lipinski definition) is 0. The standard InChI is InChI=1S/C6H11Cl/c1-3-6(4-2)5-7/h5H,3-4H2,1-2H3. The third-order valence-electron chi connectivity index (χ3n) is 1.06. The zero-order valence-electron chi connectivity index (χ0n) is 4.87. The van der Waals surface area contributed by atoms with Gasteiger partial charge in [-0.15, -0.1) is 0 Å². The normalized spacial score (nSPS) is 8.43. The van der Waals surface area contributed by atoms with Crippen LogP contribution in [0, 0.1) is 0 Å². The van der Waals surface area contributed by atoms with Crippen LogP contribution in [-0.2, 0) is 0 Å². The van der Waals surface area contributed by atoms with Gasteiger partial charge in [0, 0.05) is 5.54 Å². The highest BCUT2D eigenvalue weighted by Crippen LogP contribution is 2.05. The summed E-state index contributed by atoms with van der Waals surface area (Å²) in [7, 11) is 0. The van der Waals surface area contributed by atoms with Crippen LogP contribution in [0.5, 0.6) is 0 Å². The van der Waals surface area contributed by atoms with Gasteiger partial charge in [0.15, 0.2) is 0 Å². The van der Waals surface area contributed by atoms with Crippen molar-refractivity contribution >= 4 is 11.6 Å². The summed E-state index contributed by atoms with van der Waals surface area (Å²) in [4.78, 5) is 0. The number of halogens is 1. The van der Waals surface area contributed by atoms with E-state index in [-0.39, 0.29) is 0 Å². The largest absolute Gasteiger partial charge is 0.0930 e. The molecule has 0 atom stereocenters. The Kier molecular flexibility index (Phi) is 4.21. The molecule has 0 aliphatic carbocycles. The van der Waals surface area contributed by atoms with Crippen LogP contribution in [-0.4, -0.2) is 0 Å². The van der Waals surface area contributed by atoms with Gasteiger partial charge in [-0.2, -0.15) is 0 Å². The lowest BCUT2D eigenvalue weighted by molar-refractivity contribution is 0.983. The maximum atomic E-state index is 5.41. The highest BCUT2D eigenvalue weighted by Gasteiger charge is 1.83. The van der Waals surface area contributed by atoms with Gasteiger partial charge in [-0.05, 0) is 12.8 Å². The van der Waals surface area contributed by atoms with Gasteiger partial charge in [0.05, 0.1) is 0 Å². The average molecular weight is 119 g/mol. The van der Waals surface area contributed by atoms with Crippen LogP contribution in [0.15, 0.2) is 11.1 Å². The first-order chi connectivity index (χ1) is 3.35. The minimum atomic E-state index is 1.08. The van der Waals surface area contributed by atoms with Crippen LogP contribution >= 0.6 is 11.6 Å². The predicted molar refractivity (Wildman–Crippen MR) is 34.5 cm³/mol. The summed E-state index contributed by atoms with van der Waals surface area (Å²) in [5.41, 5.74) is 2.99. The molecule has 0 aromatic carbocycles. The Hall–Kier alpha value is 0.0300. The molecule has 0 aliphatic heterocycles. The molecule has 0 radical (unpaired) electrons. The lowest BCUT2D eigenvalue weighted by Gasteiger charge is -1.91. The van der Waals surface area contributed by atoms with Crippen LogP contribution in [0.25, 0.3) is 0 Å². The summed E-state index contributed by atoms with van der Waals surface area (Å²) in [6.07, 6.45) is 2.17. The van der Waals surface area contributed by atoms with Crippen LogP contribution in [0.3, 0.4) is 0 Å². The summed E-state index contributed by atoms with van der Waals surface area (Å²) in [6.45, 7) is 4.22. The Morgan fingerprint density at radius 1 is 1.43 bits per heavy atom. The Morgan fingerprint density at radius 3 is 1.86 bits per heavy atom. The lowest BCUT2D eigenvalue weighted by atomic mass is 10.2. The van der Waals surface area contributed by atoms with Gasteiger partial charge in [0.25, 0.3) is 0 Å². The molecule has 0 amide bonds. The zero-order valence-corrected chi connectivity index (χ0v) is 5.63. The highest BCUT2D eigenvalue weighted by molar-refractivity contribution is 6.25. The van der Waals surface area contributed by atoms with E-state index in [2.05, 4.69) is 13.8 Å². The molecule has 0 rings (SSSR count). The quantitative estimate of drug-likeness (QED) is 0.523. The van der Waals surface area contributed by atoms with Gasteiger partial charge in [-0.1, -0.05) is 31.0 Å². The molecule has 7 heavy (non-hydrogen) atoms. The van der Waals surface area contributed by atoms with E-state index in [0.717, 1.165) is 12.8 Å². The lowest BCUT2D eigenvalue weighted by Crippen LogP contribution is -1.71. The molecule has 0 aromatic rings. The van der Waals surface area contributed by atoms with Crippen molar-refractivity contribution in [2.75, 3.05) is 0 Å². The third-order valence-corrected chi connectivity index (χ3v) is 1.37. The van der Waals surface area contributed by atoms with Crippen molar-refractivity contribution in [2.24, 2.45) is 0 Å². The molecule has 0 N–H and O–H groups in total. The minimum Gasteiger partial charge on any atom is -0.0930 e. The molecule has 0 bridgehead atoms. The zero-order chi connectivity index (χ0) is 5.70. The molecular formula is C6H11Cl. The molecule has 42 valence electrons. The average Bonchev–Trinajstić information content (AvgIpc) is 1.72. The van der Waals surface area contributed by atoms with E-state index < -0.39 is 0 Å². The molecule has 0 fully saturated rings. The first-order valence-electron chi connectivity index (χ1n) is 2.63. The van der Waals surface area contributed by atoms with Crippen molar-refractivity contribution in [1.29, 1.82) is 0 Å². The predicted octanol–water partition coefficient (Wildman–Crippen LogP) is 2.93. The van der Waals surface area contributed by atoms with Gasteiger partial charge in [-0.3, -0.25) is 0 Å². The summed E-state index contributed by atoms with van der Waals surface area (Å²) >= 11 is 5.41. The monoisotopic (exact) mass is 118 g/mol.